The summed E-state index contributed by atoms with van der Waals surface area (Å²) in [6.45, 7) is 6.71. The Morgan fingerprint density at radius 1 is 1.24 bits per heavy atom. The highest BCUT2D eigenvalue weighted by atomic mass is 16.6. The molecule has 1 atom stereocenters. The number of nitrogens with zero attached hydrogens (tertiary/aromatic N) is 1. The number of esters is 1. The summed E-state index contributed by atoms with van der Waals surface area (Å²) < 4.78 is 5.14. The second kappa shape index (κ2) is 6.34. The maximum atomic E-state index is 11.9. The lowest BCUT2D eigenvalue weighted by molar-refractivity contribution is -0.384. The van der Waals surface area contributed by atoms with E-state index in [1.807, 2.05) is 0 Å². The molecule has 7 nitrogen and oxygen atoms in total. The van der Waals surface area contributed by atoms with E-state index in [9.17, 15) is 19.7 Å². The molecule has 0 saturated carbocycles. The third-order valence-corrected chi connectivity index (χ3v) is 2.45. The van der Waals surface area contributed by atoms with Gasteiger partial charge in [-0.05, 0) is 39.8 Å². The molecular weight excluding hydrogens is 276 g/mol. The standard InChI is InChI=1S/C14H18N2O5/c1-9(13(18)21-14(2,3)4)15-12(17)10-5-7-11(8-6-10)16(19)20/h5-9H,1-4H3,(H,15,17)/t9-/m0/s1. The van der Waals surface area contributed by atoms with Crippen LogP contribution in [0, 0.1) is 10.1 Å². The normalized spacial score (nSPS) is 12.4. The number of hydrogen-bond acceptors (Lipinski definition) is 5. The molecule has 0 aliphatic rings. The second-order valence-corrected chi connectivity index (χ2v) is 5.53. The summed E-state index contributed by atoms with van der Waals surface area (Å²) in [7, 11) is 0. The number of nitro groups is 1. The van der Waals surface area contributed by atoms with Gasteiger partial charge in [0.1, 0.15) is 11.6 Å². The molecule has 0 aliphatic carbocycles. The largest absolute Gasteiger partial charge is 0.458 e. The smallest absolute Gasteiger partial charge is 0.328 e. The Morgan fingerprint density at radius 2 is 1.76 bits per heavy atom. The number of benzene rings is 1. The molecular formula is C14H18N2O5. The van der Waals surface area contributed by atoms with Crippen LogP contribution in [0.4, 0.5) is 5.69 Å². The van der Waals surface area contributed by atoms with E-state index in [0.29, 0.717) is 0 Å². The lowest BCUT2D eigenvalue weighted by Crippen LogP contribution is -2.42. The zero-order valence-corrected chi connectivity index (χ0v) is 12.4. The Morgan fingerprint density at radius 3 is 2.19 bits per heavy atom. The monoisotopic (exact) mass is 294 g/mol. The van der Waals surface area contributed by atoms with Gasteiger partial charge in [0.25, 0.3) is 11.6 Å². The summed E-state index contributed by atoms with van der Waals surface area (Å²) in [5.41, 5.74) is -0.508. The summed E-state index contributed by atoms with van der Waals surface area (Å²) >= 11 is 0. The average molecular weight is 294 g/mol. The van der Waals surface area contributed by atoms with Gasteiger partial charge in [-0.25, -0.2) is 4.79 Å². The van der Waals surface area contributed by atoms with Gasteiger partial charge in [-0.2, -0.15) is 0 Å². The fourth-order valence-electron chi connectivity index (χ4n) is 1.46. The van der Waals surface area contributed by atoms with Gasteiger partial charge in [0.15, 0.2) is 0 Å². The molecule has 114 valence electrons. The van der Waals surface area contributed by atoms with Crippen molar-refractivity contribution < 1.29 is 19.2 Å². The maximum Gasteiger partial charge on any atom is 0.328 e. The Balaban J connectivity index is 2.68. The number of carbonyl (C=O) groups excluding carboxylic acids is 2. The quantitative estimate of drug-likeness (QED) is 0.520. The molecule has 0 heterocycles. The van der Waals surface area contributed by atoms with Crippen LogP contribution < -0.4 is 5.32 Å². The molecule has 0 radical (unpaired) electrons. The highest BCUT2D eigenvalue weighted by Crippen LogP contribution is 2.12. The van der Waals surface area contributed by atoms with Crippen molar-refractivity contribution >= 4 is 17.6 Å². The van der Waals surface area contributed by atoms with Crippen molar-refractivity contribution in [1.82, 2.24) is 5.32 Å². The van der Waals surface area contributed by atoms with Gasteiger partial charge >= 0.3 is 5.97 Å². The van der Waals surface area contributed by atoms with Crippen LogP contribution in [0.2, 0.25) is 0 Å². The minimum absolute atomic E-state index is 0.105. The summed E-state index contributed by atoms with van der Waals surface area (Å²) in [4.78, 5) is 33.6. The number of nitro benzene ring substituents is 1. The molecule has 21 heavy (non-hydrogen) atoms. The number of non-ortho nitro benzene ring substituents is 1. The molecule has 0 aromatic heterocycles. The van der Waals surface area contributed by atoms with E-state index >= 15 is 0 Å². The first-order chi connectivity index (χ1) is 9.60. The lowest BCUT2D eigenvalue weighted by Gasteiger charge is -2.22. The molecule has 1 N–H and O–H groups in total. The summed E-state index contributed by atoms with van der Waals surface area (Å²) in [6, 6.07) is 4.30. The molecule has 0 bridgehead atoms. The van der Waals surface area contributed by atoms with Crippen molar-refractivity contribution in [2.45, 2.75) is 39.3 Å². The first-order valence-corrected chi connectivity index (χ1v) is 6.38. The number of hydrogen-bond donors (Lipinski definition) is 1. The molecule has 1 aromatic rings. The van der Waals surface area contributed by atoms with Gasteiger partial charge in [0, 0.05) is 17.7 Å². The van der Waals surface area contributed by atoms with E-state index in [0.717, 1.165) is 0 Å². The van der Waals surface area contributed by atoms with Gasteiger partial charge in [-0.1, -0.05) is 0 Å². The Bertz CT molecular complexity index is 545. The Labute approximate surface area is 122 Å². The lowest BCUT2D eigenvalue weighted by atomic mass is 10.1. The van der Waals surface area contributed by atoms with E-state index in [4.69, 9.17) is 4.74 Å². The van der Waals surface area contributed by atoms with Crippen LogP contribution >= 0.6 is 0 Å². The number of nitrogens with one attached hydrogen (secondary N) is 1. The predicted octanol–water partition coefficient (Wildman–Crippen LogP) is 2.05. The first-order valence-electron chi connectivity index (χ1n) is 6.38. The number of rotatable bonds is 4. The molecule has 0 unspecified atom stereocenters. The van der Waals surface area contributed by atoms with E-state index in [-0.39, 0.29) is 11.3 Å². The molecule has 0 fully saturated rings. The average Bonchev–Trinajstić information content (AvgIpc) is 2.36. The summed E-state index contributed by atoms with van der Waals surface area (Å²) in [5, 5.41) is 13.0. The van der Waals surface area contributed by atoms with Crippen LogP contribution in [0.3, 0.4) is 0 Å². The van der Waals surface area contributed by atoms with Gasteiger partial charge in [0.05, 0.1) is 4.92 Å². The summed E-state index contributed by atoms with van der Waals surface area (Å²) in [5.74, 6) is -1.04. The Hall–Kier alpha value is -2.44. The number of carbonyl (C=O) groups is 2. The van der Waals surface area contributed by atoms with Crippen molar-refractivity contribution in [2.75, 3.05) is 0 Å². The van der Waals surface area contributed by atoms with Gasteiger partial charge in [-0.15, -0.1) is 0 Å². The van der Waals surface area contributed by atoms with Crippen molar-refractivity contribution in [3.8, 4) is 0 Å². The van der Waals surface area contributed by atoms with Crippen LogP contribution in [0.5, 0.6) is 0 Å². The van der Waals surface area contributed by atoms with Crippen LogP contribution in [0.15, 0.2) is 24.3 Å². The van der Waals surface area contributed by atoms with Crippen molar-refractivity contribution in [2.24, 2.45) is 0 Å². The Kier molecular flexibility index (Phi) is 5.02. The number of ether oxygens (including phenoxy) is 1. The van der Waals surface area contributed by atoms with Crippen LogP contribution in [-0.2, 0) is 9.53 Å². The predicted molar refractivity (Wildman–Crippen MR) is 75.9 cm³/mol. The van der Waals surface area contributed by atoms with Gasteiger partial charge < -0.3 is 10.1 Å². The summed E-state index contributed by atoms with van der Waals surface area (Å²) in [6.07, 6.45) is 0. The molecule has 0 aliphatic heterocycles. The van der Waals surface area contributed by atoms with Gasteiger partial charge in [-0.3, -0.25) is 14.9 Å². The van der Waals surface area contributed by atoms with Crippen LogP contribution in [0.25, 0.3) is 0 Å². The molecule has 0 spiro atoms. The van der Waals surface area contributed by atoms with E-state index < -0.39 is 28.4 Å². The van der Waals surface area contributed by atoms with Crippen LogP contribution in [0.1, 0.15) is 38.1 Å². The highest BCUT2D eigenvalue weighted by molar-refractivity contribution is 5.96. The third-order valence-electron chi connectivity index (χ3n) is 2.45. The fourth-order valence-corrected chi connectivity index (χ4v) is 1.46. The van der Waals surface area contributed by atoms with Crippen LogP contribution in [-0.4, -0.2) is 28.4 Å². The van der Waals surface area contributed by atoms with E-state index in [1.54, 1.807) is 20.8 Å². The first kappa shape index (κ1) is 16.6. The zero-order valence-electron chi connectivity index (χ0n) is 12.4. The molecule has 1 amide bonds. The zero-order chi connectivity index (χ0) is 16.2. The molecule has 1 rings (SSSR count). The molecule has 0 saturated heterocycles. The third kappa shape index (κ3) is 5.21. The van der Waals surface area contributed by atoms with E-state index in [1.165, 1.54) is 31.2 Å². The van der Waals surface area contributed by atoms with Crippen molar-refractivity contribution in [1.29, 1.82) is 0 Å². The molecule has 7 heteroatoms. The highest BCUT2D eigenvalue weighted by Gasteiger charge is 2.23. The second-order valence-electron chi connectivity index (χ2n) is 5.53. The minimum Gasteiger partial charge on any atom is -0.458 e. The SMILES string of the molecule is C[C@H](NC(=O)c1ccc([N+](=O)[O-])cc1)C(=O)OC(C)(C)C. The van der Waals surface area contributed by atoms with Crippen molar-refractivity contribution in [3.63, 3.8) is 0 Å². The molecule has 1 aromatic carbocycles. The minimum atomic E-state index is -0.813. The van der Waals surface area contributed by atoms with Gasteiger partial charge in [0.2, 0.25) is 0 Å². The van der Waals surface area contributed by atoms with Crippen molar-refractivity contribution in [3.05, 3.63) is 39.9 Å². The van der Waals surface area contributed by atoms with E-state index in [2.05, 4.69) is 5.32 Å². The maximum absolute atomic E-state index is 11.9. The topological polar surface area (TPSA) is 98.5 Å². The fraction of sp³-hybridized carbons (Fsp3) is 0.429. The number of amides is 1.